The van der Waals surface area contributed by atoms with Gasteiger partial charge in [-0.05, 0) is 79.4 Å². The van der Waals surface area contributed by atoms with E-state index in [1.807, 2.05) is 0 Å². The minimum atomic E-state index is -2.14. The topological polar surface area (TPSA) is 700 Å². The number of aliphatic hydroxyl groups excluding tert-OH is 7. The van der Waals surface area contributed by atoms with Crippen LogP contribution in [0.3, 0.4) is 0 Å². The van der Waals surface area contributed by atoms with Crippen molar-refractivity contribution >= 4 is 81.8 Å². The minimum Gasteiger partial charge on any atom is -0.441 e. The number of nitrogen functional groups attached to an aromatic ring is 1. The van der Waals surface area contributed by atoms with Crippen molar-refractivity contribution in [1.82, 2.24) is 72.4 Å². The van der Waals surface area contributed by atoms with Gasteiger partial charge in [0.05, 0.1) is 72.7 Å². The number of nitrogens with two attached hydrogens (primary N) is 7. The second-order valence-electron chi connectivity index (χ2n) is 25.4. The smallest absolute Gasteiger partial charge is 0.404 e. The van der Waals surface area contributed by atoms with E-state index in [-0.39, 0.29) is 66.5 Å². The van der Waals surface area contributed by atoms with Crippen molar-refractivity contribution < 1.29 is 103 Å². The van der Waals surface area contributed by atoms with Gasteiger partial charge in [-0.2, -0.15) is 0 Å². The number of imidazole rings is 1. The van der Waals surface area contributed by atoms with Gasteiger partial charge in [0.1, 0.15) is 88.5 Å². The summed E-state index contributed by atoms with van der Waals surface area (Å²) >= 11 is 2.45. The summed E-state index contributed by atoms with van der Waals surface area (Å²) in [4.78, 5) is 143. The van der Waals surface area contributed by atoms with Crippen LogP contribution in [-0.4, -0.2) is 275 Å². The number of ether oxygens (including phenoxy) is 5. The average molecular weight is 1540 g/mol. The van der Waals surface area contributed by atoms with Gasteiger partial charge in [0.2, 0.25) is 35.4 Å². The number of aliphatic hydroxyl groups is 7. The Morgan fingerprint density at radius 2 is 1.46 bits per heavy atom. The lowest BCUT2D eigenvalue weighted by molar-refractivity contribution is -0.369. The molecule has 44 heteroatoms. The van der Waals surface area contributed by atoms with Crippen molar-refractivity contribution in [2.24, 2.45) is 34.4 Å². The highest BCUT2D eigenvalue weighted by Crippen LogP contribution is 2.35. The molecule has 0 saturated carbocycles. The van der Waals surface area contributed by atoms with Gasteiger partial charge in [-0.1, -0.05) is 0 Å². The van der Waals surface area contributed by atoms with Crippen LogP contribution in [0.25, 0.3) is 10.7 Å². The Labute approximate surface area is 615 Å². The van der Waals surface area contributed by atoms with E-state index >= 15 is 4.79 Å². The van der Waals surface area contributed by atoms with Crippen LogP contribution in [0.2, 0.25) is 0 Å². The molecule has 0 aliphatic carbocycles. The molecular weight excluding hydrogens is 1440 g/mol. The van der Waals surface area contributed by atoms with Gasteiger partial charge >= 0.3 is 6.09 Å². The molecule has 0 bridgehead atoms. The van der Waals surface area contributed by atoms with Gasteiger partial charge in [-0.3, -0.25) is 38.4 Å². The number of thiazole rings is 2. The number of aromatic amines is 1. The summed E-state index contributed by atoms with van der Waals surface area (Å²) in [6, 6.07) is -8.12. The van der Waals surface area contributed by atoms with E-state index in [2.05, 4.69) is 72.4 Å². The van der Waals surface area contributed by atoms with Crippen LogP contribution in [0, 0.1) is 6.92 Å². The average Bonchev–Trinajstić information content (AvgIpc) is 0.852. The zero-order valence-electron chi connectivity index (χ0n) is 58.7. The predicted molar refractivity (Wildman–Crippen MR) is 375 cm³/mol. The van der Waals surface area contributed by atoms with Gasteiger partial charge < -0.3 is 147 Å². The molecule has 9 amide bonds. The Balaban J connectivity index is 1.13. The van der Waals surface area contributed by atoms with E-state index in [9.17, 15) is 74.1 Å². The maximum Gasteiger partial charge on any atom is 0.404 e. The molecule has 590 valence electrons. The molecule has 0 aromatic carbocycles. The van der Waals surface area contributed by atoms with E-state index in [4.69, 9.17) is 63.8 Å². The molecule has 2 fully saturated rings. The molecule has 2 saturated heterocycles. The largest absolute Gasteiger partial charge is 0.441 e. The second kappa shape index (κ2) is 42.3. The number of anilines is 1. The summed E-state index contributed by atoms with van der Waals surface area (Å²) in [5, 5.41) is 103. The Hall–Kier alpha value is -8.26. The highest BCUT2D eigenvalue weighted by atomic mass is 32.1. The third-order valence-electron chi connectivity index (χ3n) is 16.9. The molecule has 1 unspecified atom stereocenters. The van der Waals surface area contributed by atoms with E-state index < -0.39 is 183 Å². The predicted octanol–water partition coefficient (Wildman–Crippen LogP) is -7.86. The molecule has 0 spiro atoms. The zero-order valence-corrected chi connectivity index (χ0v) is 60.4. The quantitative estimate of drug-likeness (QED) is 0.0183. The van der Waals surface area contributed by atoms with Crippen LogP contribution in [0.5, 0.6) is 0 Å². The summed E-state index contributed by atoms with van der Waals surface area (Å²) in [7, 11) is 0. The number of H-pyrrole nitrogens is 1. The first-order valence-corrected chi connectivity index (χ1v) is 35.8. The fraction of sp³-hybridized carbons (Fsp3) is 0.645. The number of amides is 9. The number of hydrogen-bond donors (Lipinski definition) is 23. The first-order chi connectivity index (χ1) is 50.3. The van der Waals surface area contributed by atoms with E-state index in [0.717, 1.165) is 44.9 Å². The monoisotopic (exact) mass is 1540 g/mol. The van der Waals surface area contributed by atoms with Crippen LogP contribution in [-0.2, 0) is 58.9 Å². The van der Waals surface area contributed by atoms with E-state index in [0.29, 0.717) is 48.2 Å². The molecule has 4 aromatic heterocycles. The SMILES string of the molecule is Cc1c(N)nc([C@H](CC(N)=O)NC[C@H](N)C(N)=O)nc1C(=O)N[C@H](C(=O)N[C@H](C)[C@@H](O)CC(=O)N[C@H](C(=O)NCCc1nc(-c2nc(C(=O)NCCCC(N)CC(=O)NCCCNCCCCN)cs2)cs1)[C@@H](C)O)[C@@H](O[C@@H]1O[C@@H](C)[C@@H](O)[C@H](O)[C@@H]1O[C@H]1O[C@H](CO)[C@@H](O)[C@H](OC(N)=O)[C@@H]1O)c1cnc[nH]1. The number of primary amides is 3. The fourth-order valence-electron chi connectivity index (χ4n) is 10.9. The first kappa shape index (κ1) is 86.7. The van der Waals surface area contributed by atoms with Crippen LogP contribution >= 0.6 is 22.7 Å². The summed E-state index contributed by atoms with van der Waals surface area (Å²) in [5.74, 6) is -7.33. The summed E-state index contributed by atoms with van der Waals surface area (Å²) in [5.41, 5.74) is 39.8. The normalized spacial score (nSPS) is 22.7. The van der Waals surface area contributed by atoms with Crippen LogP contribution < -0.4 is 82.7 Å². The lowest BCUT2D eigenvalue weighted by Gasteiger charge is -2.46. The molecule has 6 rings (SSSR count). The Bertz CT molecular complexity index is 3530. The fourth-order valence-corrected chi connectivity index (χ4v) is 12.5. The Morgan fingerprint density at radius 3 is 2.13 bits per heavy atom. The van der Waals surface area contributed by atoms with Crippen molar-refractivity contribution in [3.8, 4) is 10.7 Å². The van der Waals surface area contributed by atoms with Gasteiger partial charge in [0, 0.05) is 67.8 Å². The third kappa shape index (κ3) is 25.7. The first-order valence-electron chi connectivity index (χ1n) is 34.1. The number of hydrogen-bond acceptors (Lipinski definition) is 34. The van der Waals surface area contributed by atoms with Crippen molar-refractivity contribution in [3.05, 3.63) is 56.8 Å². The van der Waals surface area contributed by atoms with Gasteiger partial charge in [0.15, 0.2) is 18.7 Å². The number of carbonyl (C=O) groups is 9. The van der Waals surface area contributed by atoms with Gasteiger partial charge in [-0.15, -0.1) is 22.7 Å². The lowest BCUT2D eigenvalue weighted by atomic mass is 9.97. The molecule has 2 aliphatic heterocycles. The highest BCUT2D eigenvalue weighted by Gasteiger charge is 2.53. The van der Waals surface area contributed by atoms with Gasteiger partial charge in [0.25, 0.3) is 11.8 Å². The standard InChI is InChI=1S/C62H99N21O21S2/c1-26-42(81-54(83-52(26)67)32(18-38(66)87)75-20-31(65)53(68)94)57(97)82-44(49(33-21-71-25-76-33)102-61-51(47(92)45(90)29(4)100-61)103-60-48(93)50(104-62(69)99)46(91)37(22-84)101-60)58(98)77-27(2)36(86)19-40(89)80-43(28(3)85)56(96)74-16-10-41-78-35(24-105-41)59-79-34(23-106-59)55(95)73-14-7-9-30(64)17-39(88)72-15-8-13-70-12-6-5-11-63/h21,23-25,27-32,36-37,43-51,60-61,70,75,84-86,90-93H,5-20,22,63-65H2,1-4H3,(H2,66,87)(H2,68,94)(H2,69,99)(H,71,76)(H,72,88)(H,73,95)(H,74,96)(H,77,98)(H,80,89)(H,82,97)(H2,67,81,83)/t27-,28-,29+,30?,31+,32+,36+,37-,43+,44+,45-,46-,47+,48+,49+,50+,51+,60-,61+/m1/s1. The number of nitrogens with one attached hydrogen (secondary N) is 9. The summed E-state index contributed by atoms with van der Waals surface area (Å²) in [6.45, 7) is 6.92. The Kier molecular flexibility index (Phi) is 34.6. The number of nitrogens with zero attached hydrogens (tertiary/aromatic N) is 5. The molecule has 42 nitrogen and oxygen atoms in total. The van der Waals surface area contributed by atoms with E-state index in [1.165, 1.54) is 50.4 Å². The maximum atomic E-state index is 15.1. The summed E-state index contributed by atoms with van der Waals surface area (Å²) in [6.07, 6.45) is -20.6. The van der Waals surface area contributed by atoms with Crippen LogP contribution in [0.1, 0.15) is 127 Å². The number of rotatable bonds is 44. The minimum absolute atomic E-state index is 0.0260. The molecule has 2 aliphatic rings. The molecular formula is C62H99N21O21S2. The number of carbonyl (C=O) groups excluding carboxylic acids is 9. The molecule has 0 radical (unpaired) electrons. The molecule has 6 heterocycles. The highest BCUT2D eigenvalue weighted by molar-refractivity contribution is 7.14. The molecule has 4 aromatic rings. The second-order valence-corrected chi connectivity index (χ2v) is 27.2. The zero-order chi connectivity index (χ0) is 78.1. The van der Waals surface area contributed by atoms with Crippen molar-refractivity contribution in [3.63, 3.8) is 0 Å². The van der Waals surface area contributed by atoms with E-state index in [1.54, 1.807) is 10.8 Å². The molecule has 30 N–H and O–H groups in total. The lowest BCUT2D eigenvalue weighted by Crippen LogP contribution is -2.65. The molecule has 106 heavy (non-hydrogen) atoms. The third-order valence-corrected chi connectivity index (χ3v) is 18.7. The maximum absolute atomic E-state index is 15.1. The van der Waals surface area contributed by atoms with Crippen molar-refractivity contribution in [1.29, 1.82) is 0 Å². The Morgan fingerprint density at radius 1 is 0.736 bits per heavy atom. The van der Waals surface area contributed by atoms with Crippen molar-refractivity contribution in [2.75, 3.05) is 58.2 Å². The number of aromatic nitrogens is 6. The summed E-state index contributed by atoms with van der Waals surface area (Å²) < 4.78 is 28.9. The van der Waals surface area contributed by atoms with Crippen molar-refractivity contribution in [2.45, 2.75) is 201 Å². The van der Waals surface area contributed by atoms with Gasteiger partial charge in [-0.25, -0.2) is 29.7 Å². The number of unbranched alkanes of at least 4 members (excludes halogenated alkanes) is 1. The van der Waals surface area contributed by atoms with Crippen LogP contribution in [0.15, 0.2) is 23.3 Å². The molecule has 19 atom stereocenters. The van der Waals surface area contributed by atoms with Crippen LogP contribution in [0.4, 0.5) is 10.6 Å².